The van der Waals surface area contributed by atoms with Gasteiger partial charge in [0.2, 0.25) is 10.0 Å². The third kappa shape index (κ3) is 3.93. The van der Waals surface area contributed by atoms with E-state index in [0.717, 1.165) is 36.9 Å². The SMILES string of the molecule is O=S(=O)(c1ccc(CNCc2cccc3[nH]ccc23)cc1)N1CCCCC1. The highest BCUT2D eigenvalue weighted by Gasteiger charge is 2.25. The molecule has 5 nitrogen and oxygen atoms in total. The molecule has 0 spiro atoms. The van der Waals surface area contributed by atoms with Crippen LogP contribution in [0.25, 0.3) is 10.9 Å². The first-order chi connectivity index (χ1) is 13.1. The molecular formula is C21H25N3O2S. The van der Waals surface area contributed by atoms with Gasteiger partial charge in [0.15, 0.2) is 0 Å². The summed E-state index contributed by atoms with van der Waals surface area (Å²) < 4.78 is 27.0. The number of aromatic amines is 1. The number of H-pyrrole nitrogens is 1. The number of rotatable bonds is 6. The number of nitrogens with zero attached hydrogens (tertiary/aromatic N) is 1. The van der Waals surface area contributed by atoms with E-state index in [4.69, 9.17) is 0 Å². The standard InChI is InChI=1S/C21H25N3O2S/c25-27(26,24-13-2-1-3-14-24)19-9-7-17(8-10-19)15-22-16-18-5-4-6-21-20(18)11-12-23-21/h4-12,22-23H,1-3,13-16H2. The molecule has 27 heavy (non-hydrogen) atoms. The van der Waals surface area contributed by atoms with E-state index < -0.39 is 10.0 Å². The lowest BCUT2D eigenvalue weighted by molar-refractivity contribution is 0.346. The van der Waals surface area contributed by atoms with E-state index in [0.29, 0.717) is 24.5 Å². The maximum Gasteiger partial charge on any atom is 0.243 e. The quantitative estimate of drug-likeness (QED) is 0.683. The normalized spacial score (nSPS) is 16.0. The van der Waals surface area contributed by atoms with Crippen LogP contribution in [0, 0.1) is 0 Å². The lowest BCUT2D eigenvalue weighted by Crippen LogP contribution is -2.35. The van der Waals surface area contributed by atoms with Crippen LogP contribution in [-0.2, 0) is 23.1 Å². The monoisotopic (exact) mass is 383 g/mol. The van der Waals surface area contributed by atoms with Gasteiger partial charge in [0.25, 0.3) is 0 Å². The van der Waals surface area contributed by atoms with Gasteiger partial charge >= 0.3 is 0 Å². The zero-order valence-corrected chi connectivity index (χ0v) is 16.1. The van der Waals surface area contributed by atoms with Gasteiger partial charge in [0.05, 0.1) is 4.90 Å². The van der Waals surface area contributed by atoms with Crippen LogP contribution in [0.4, 0.5) is 0 Å². The number of hydrogen-bond donors (Lipinski definition) is 2. The summed E-state index contributed by atoms with van der Waals surface area (Å²) in [5.41, 5.74) is 3.47. The minimum atomic E-state index is -3.35. The minimum absolute atomic E-state index is 0.394. The molecule has 0 saturated carbocycles. The molecule has 0 aliphatic carbocycles. The first-order valence-corrected chi connectivity index (χ1v) is 10.9. The summed E-state index contributed by atoms with van der Waals surface area (Å²) in [5, 5.41) is 4.68. The van der Waals surface area contributed by atoms with Crippen LogP contribution in [0.5, 0.6) is 0 Å². The lowest BCUT2D eigenvalue weighted by Gasteiger charge is -2.25. The predicted molar refractivity (Wildman–Crippen MR) is 108 cm³/mol. The van der Waals surface area contributed by atoms with Gasteiger partial charge in [-0.05, 0) is 48.2 Å². The molecule has 2 heterocycles. The topological polar surface area (TPSA) is 65.2 Å². The third-order valence-corrected chi connectivity index (χ3v) is 7.12. The Hall–Kier alpha value is -2.15. The summed E-state index contributed by atoms with van der Waals surface area (Å²) in [6.07, 6.45) is 4.98. The van der Waals surface area contributed by atoms with Crippen LogP contribution in [0.15, 0.2) is 59.6 Å². The molecule has 1 saturated heterocycles. The fourth-order valence-electron chi connectivity index (χ4n) is 3.68. The molecule has 0 bridgehead atoms. The summed E-state index contributed by atoms with van der Waals surface area (Å²) in [6, 6.07) is 15.6. The Morgan fingerprint density at radius 3 is 2.48 bits per heavy atom. The lowest BCUT2D eigenvalue weighted by atomic mass is 10.1. The highest BCUT2D eigenvalue weighted by molar-refractivity contribution is 7.89. The number of benzene rings is 2. The molecule has 1 fully saturated rings. The van der Waals surface area contributed by atoms with Crippen LogP contribution >= 0.6 is 0 Å². The summed E-state index contributed by atoms with van der Waals surface area (Å²) >= 11 is 0. The van der Waals surface area contributed by atoms with E-state index in [1.807, 2.05) is 18.3 Å². The van der Waals surface area contributed by atoms with Crippen molar-refractivity contribution in [3.63, 3.8) is 0 Å². The Bertz CT molecular complexity index is 1000. The van der Waals surface area contributed by atoms with Crippen molar-refractivity contribution >= 4 is 20.9 Å². The minimum Gasteiger partial charge on any atom is -0.361 e. The van der Waals surface area contributed by atoms with E-state index in [1.54, 1.807) is 16.4 Å². The van der Waals surface area contributed by atoms with Gasteiger partial charge < -0.3 is 10.3 Å². The van der Waals surface area contributed by atoms with Gasteiger partial charge in [-0.15, -0.1) is 0 Å². The largest absolute Gasteiger partial charge is 0.361 e. The van der Waals surface area contributed by atoms with Crippen molar-refractivity contribution in [1.29, 1.82) is 0 Å². The first-order valence-electron chi connectivity index (χ1n) is 9.49. The Labute approximate surface area is 160 Å². The van der Waals surface area contributed by atoms with Crippen molar-refractivity contribution in [3.05, 3.63) is 65.9 Å². The fourth-order valence-corrected chi connectivity index (χ4v) is 5.20. The Kier molecular flexibility index (Phi) is 5.29. The van der Waals surface area contributed by atoms with Crippen LogP contribution in [0.2, 0.25) is 0 Å². The molecule has 6 heteroatoms. The number of sulfonamides is 1. The van der Waals surface area contributed by atoms with E-state index in [9.17, 15) is 8.42 Å². The Morgan fingerprint density at radius 2 is 1.70 bits per heavy atom. The molecule has 0 atom stereocenters. The van der Waals surface area contributed by atoms with Crippen LogP contribution in [-0.4, -0.2) is 30.8 Å². The van der Waals surface area contributed by atoms with E-state index in [2.05, 4.69) is 34.6 Å². The van der Waals surface area contributed by atoms with Crippen molar-refractivity contribution in [1.82, 2.24) is 14.6 Å². The van der Waals surface area contributed by atoms with Gasteiger partial charge in [-0.1, -0.05) is 30.7 Å². The van der Waals surface area contributed by atoms with Crippen molar-refractivity contribution in [2.24, 2.45) is 0 Å². The maximum absolute atomic E-state index is 12.7. The smallest absolute Gasteiger partial charge is 0.243 e. The zero-order chi connectivity index (χ0) is 18.7. The van der Waals surface area contributed by atoms with Gasteiger partial charge in [0, 0.05) is 43.3 Å². The van der Waals surface area contributed by atoms with Crippen molar-refractivity contribution in [3.8, 4) is 0 Å². The third-order valence-electron chi connectivity index (χ3n) is 5.21. The van der Waals surface area contributed by atoms with Gasteiger partial charge in [-0.25, -0.2) is 8.42 Å². The molecule has 4 rings (SSSR count). The molecule has 0 amide bonds. The number of fused-ring (bicyclic) bond motifs is 1. The molecule has 0 radical (unpaired) electrons. The molecule has 0 unspecified atom stereocenters. The van der Waals surface area contributed by atoms with Crippen LogP contribution in [0.1, 0.15) is 30.4 Å². The molecule has 1 aromatic heterocycles. The molecule has 2 aromatic carbocycles. The van der Waals surface area contributed by atoms with Crippen molar-refractivity contribution in [2.45, 2.75) is 37.2 Å². The number of piperidine rings is 1. The van der Waals surface area contributed by atoms with E-state index >= 15 is 0 Å². The number of nitrogens with one attached hydrogen (secondary N) is 2. The molecule has 3 aromatic rings. The van der Waals surface area contributed by atoms with Crippen molar-refractivity contribution in [2.75, 3.05) is 13.1 Å². The molecular weight excluding hydrogens is 358 g/mol. The van der Waals surface area contributed by atoms with Crippen LogP contribution < -0.4 is 5.32 Å². The summed E-state index contributed by atoms with van der Waals surface area (Å²) in [6.45, 7) is 2.74. The molecule has 1 aliphatic rings. The number of aromatic nitrogens is 1. The predicted octanol–water partition coefficient (Wildman–Crippen LogP) is 3.63. The summed E-state index contributed by atoms with van der Waals surface area (Å²) in [7, 11) is -3.35. The Morgan fingerprint density at radius 1 is 0.926 bits per heavy atom. The van der Waals surface area contributed by atoms with Gasteiger partial charge in [-0.3, -0.25) is 0 Å². The molecule has 1 aliphatic heterocycles. The summed E-state index contributed by atoms with van der Waals surface area (Å²) in [5.74, 6) is 0. The second kappa shape index (κ2) is 7.84. The highest BCUT2D eigenvalue weighted by atomic mass is 32.2. The molecule has 2 N–H and O–H groups in total. The van der Waals surface area contributed by atoms with Crippen molar-refractivity contribution < 1.29 is 8.42 Å². The van der Waals surface area contributed by atoms with Gasteiger partial charge in [0.1, 0.15) is 0 Å². The average Bonchev–Trinajstić information content (AvgIpc) is 3.19. The van der Waals surface area contributed by atoms with E-state index in [1.165, 1.54) is 10.9 Å². The Balaban J connectivity index is 1.38. The van der Waals surface area contributed by atoms with E-state index in [-0.39, 0.29) is 0 Å². The van der Waals surface area contributed by atoms with Crippen LogP contribution in [0.3, 0.4) is 0 Å². The molecule has 142 valence electrons. The number of hydrogen-bond acceptors (Lipinski definition) is 3. The average molecular weight is 384 g/mol. The first kappa shape index (κ1) is 18.2. The fraction of sp³-hybridized carbons (Fsp3) is 0.333. The highest BCUT2D eigenvalue weighted by Crippen LogP contribution is 2.21. The van der Waals surface area contributed by atoms with Gasteiger partial charge in [-0.2, -0.15) is 4.31 Å². The second-order valence-electron chi connectivity index (χ2n) is 7.07. The second-order valence-corrected chi connectivity index (χ2v) is 9.01. The summed E-state index contributed by atoms with van der Waals surface area (Å²) in [4.78, 5) is 3.62. The zero-order valence-electron chi connectivity index (χ0n) is 15.3. The maximum atomic E-state index is 12.7.